The van der Waals surface area contributed by atoms with Crippen LogP contribution in [0.2, 0.25) is 0 Å². The van der Waals surface area contributed by atoms with Crippen molar-refractivity contribution in [1.82, 2.24) is 0 Å². The van der Waals surface area contributed by atoms with E-state index in [0.29, 0.717) is 5.41 Å². The third-order valence-corrected chi connectivity index (χ3v) is 2.93. The van der Waals surface area contributed by atoms with E-state index in [9.17, 15) is 0 Å². The molecule has 1 fully saturated rings. The normalized spacial score (nSPS) is 45.9. The van der Waals surface area contributed by atoms with Crippen LogP contribution in [-0.4, -0.2) is 0 Å². The molecule has 0 amide bonds. The number of allylic oxidation sites excluding steroid dienone is 2. The summed E-state index contributed by atoms with van der Waals surface area (Å²) in [5.41, 5.74) is 0.625. The monoisotopic (exact) mass is 121 g/mol. The summed E-state index contributed by atoms with van der Waals surface area (Å²) in [5.74, 6) is 1.76. The van der Waals surface area contributed by atoms with E-state index in [1.54, 1.807) is 0 Å². The molecule has 0 bridgehead atoms. The van der Waals surface area contributed by atoms with Gasteiger partial charge in [-0.3, -0.25) is 0 Å². The molecule has 1 saturated carbocycles. The summed E-state index contributed by atoms with van der Waals surface area (Å²) in [6.45, 7) is 4.65. The molecule has 0 aromatic carbocycles. The molecule has 0 N–H and O–H groups in total. The van der Waals surface area contributed by atoms with Crippen LogP contribution in [0.5, 0.6) is 0 Å². The van der Waals surface area contributed by atoms with Crippen molar-refractivity contribution in [3.8, 4) is 0 Å². The van der Waals surface area contributed by atoms with Crippen molar-refractivity contribution in [3.63, 3.8) is 0 Å². The fourth-order valence-corrected chi connectivity index (χ4v) is 1.99. The van der Waals surface area contributed by atoms with E-state index >= 15 is 0 Å². The molecular weight excluding hydrogens is 108 g/mol. The summed E-state index contributed by atoms with van der Waals surface area (Å²) in [4.78, 5) is 0. The standard InChI is InChI=1S/C9H13/c1-7(2)9-5-3-4-8(9)6-9/h3-5,7-8H,6H2,1-2H3. The Kier molecular flexibility index (Phi) is 0.870. The number of hydrogen-bond acceptors (Lipinski definition) is 0. The molecule has 1 radical (unpaired) electrons. The summed E-state index contributed by atoms with van der Waals surface area (Å²) < 4.78 is 0. The molecule has 0 nitrogen and oxygen atoms in total. The van der Waals surface area contributed by atoms with Gasteiger partial charge >= 0.3 is 0 Å². The smallest absolute Gasteiger partial charge is 0.00998 e. The summed E-state index contributed by atoms with van der Waals surface area (Å²) in [6, 6.07) is 0. The maximum atomic E-state index is 2.39. The van der Waals surface area contributed by atoms with Crippen LogP contribution in [0, 0.1) is 23.7 Å². The lowest BCUT2D eigenvalue weighted by Crippen LogP contribution is -2.08. The van der Waals surface area contributed by atoms with Gasteiger partial charge in [-0.15, -0.1) is 0 Å². The lowest BCUT2D eigenvalue weighted by atomic mass is 9.90. The molecule has 2 unspecified atom stereocenters. The predicted molar refractivity (Wildman–Crippen MR) is 38.8 cm³/mol. The molecule has 0 aliphatic heterocycles. The molecular formula is C9H13. The molecule has 2 atom stereocenters. The molecule has 0 saturated heterocycles. The molecule has 0 aromatic heterocycles. The third kappa shape index (κ3) is 0.540. The highest BCUT2D eigenvalue weighted by molar-refractivity contribution is 5.30. The molecule has 2 aliphatic rings. The second kappa shape index (κ2) is 1.42. The van der Waals surface area contributed by atoms with Crippen LogP contribution >= 0.6 is 0 Å². The van der Waals surface area contributed by atoms with E-state index in [1.807, 2.05) is 0 Å². The van der Waals surface area contributed by atoms with Crippen molar-refractivity contribution in [1.29, 1.82) is 0 Å². The maximum absolute atomic E-state index is 2.39. The SMILES string of the molecule is CC(C)C12[CH]C=CC1C2. The minimum atomic E-state index is 0.625. The fraction of sp³-hybridized carbons (Fsp3) is 0.667. The van der Waals surface area contributed by atoms with Gasteiger partial charge < -0.3 is 0 Å². The number of hydrogen-bond donors (Lipinski definition) is 0. The quantitative estimate of drug-likeness (QED) is 0.499. The number of fused-ring (bicyclic) bond motifs is 1. The van der Waals surface area contributed by atoms with Crippen molar-refractivity contribution in [2.75, 3.05) is 0 Å². The van der Waals surface area contributed by atoms with Gasteiger partial charge in [-0.25, -0.2) is 0 Å². The zero-order valence-corrected chi connectivity index (χ0v) is 6.09. The Morgan fingerprint density at radius 1 is 1.56 bits per heavy atom. The van der Waals surface area contributed by atoms with Gasteiger partial charge in [0.2, 0.25) is 0 Å². The van der Waals surface area contributed by atoms with Gasteiger partial charge in [-0.1, -0.05) is 26.0 Å². The van der Waals surface area contributed by atoms with Crippen LogP contribution in [0.4, 0.5) is 0 Å². The van der Waals surface area contributed by atoms with Gasteiger partial charge in [0.1, 0.15) is 0 Å². The predicted octanol–water partition coefficient (Wildman–Crippen LogP) is 2.42. The Morgan fingerprint density at radius 2 is 2.33 bits per heavy atom. The van der Waals surface area contributed by atoms with E-state index in [-0.39, 0.29) is 0 Å². The van der Waals surface area contributed by atoms with Crippen molar-refractivity contribution < 1.29 is 0 Å². The zero-order chi connectivity index (χ0) is 6.48. The highest BCUT2D eigenvalue weighted by Gasteiger charge is 2.56. The molecule has 2 rings (SSSR count). The van der Waals surface area contributed by atoms with E-state index in [0.717, 1.165) is 11.8 Å². The van der Waals surface area contributed by atoms with Crippen LogP contribution in [0.15, 0.2) is 12.2 Å². The minimum absolute atomic E-state index is 0.625. The van der Waals surface area contributed by atoms with E-state index < -0.39 is 0 Å². The van der Waals surface area contributed by atoms with Crippen LogP contribution in [-0.2, 0) is 0 Å². The van der Waals surface area contributed by atoms with Crippen LogP contribution < -0.4 is 0 Å². The second-order valence-electron chi connectivity index (χ2n) is 3.63. The van der Waals surface area contributed by atoms with Crippen molar-refractivity contribution in [3.05, 3.63) is 18.6 Å². The third-order valence-electron chi connectivity index (χ3n) is 2.93. The first-order valence-corrected chi connectivity index (χ1v) is 3.78. The summed E-state index contributed by atoms with van der Waals surface area (Å²) in [5, 5.41) is 0. The average Bonchev–Trinajstić information content (AvgIpc) is 2.38. The highest BCUT2D eigenvalue weighted by atomic mass is 14.6. The Labute approximate surface area is 57.0 Å². The molecule has 0 heteroatoms. The Balaban J connectivity index is 2.15. The van der Waals surface area contributed by atoms with Crippen molar-refractivity contribution >= 4 is 0 Å². The topological polar surface area (TPSA) is 0 Å². The van der Waals surface area contributed by atoms with Crippen LogP contribution in [0.1, 0.15) is 20.3 Å². The van der Waals surface area contributed by atoms with E-state index in [2.05, 4.69) is 32.4 Å². The maximum Gasteiger partial charge on any atom is -0.00998 e. The molecule has 2 aliphatic carbocycles. The zero-order valence-electron chi connectivity index (χ0n) is 6.09. The summed E-state index contributed by atoms with van der Waals surface area (Å²) >= 11 is 0. The fourth-order valence-electron chi connectivity index (χ4n) is 1.99. The second-order valence-corrected chi connectivity index (χ2v) is 3.63. The van der Waals surface area contributed by atoms with Gasteiger partial charge in [-0.2, -0.15) is 0 Å². The van der Waals surface area contributed by atoms with Gasteiger partial charge in [0, 0.05) is 0 Å². The highest BCUT2D eigenvalue weighted by Crippen LogP contribution is 2.63. The summed E-state index contributed by atoms with van der Waals surface area (Å²) in [7, 11) is 0. The van der Waals surface area contributed by atoms with Crippen molar-refractivity contribution in [2.45, 2.75) is 20.3 Å². The van der Waals surface area contributed by atoms with Gasteiger partial charge in [0.25, 0.3) is 0 Å². The Bertz CT molecular complexity index is 155. The minimum Gasteiger partial charge on any atom is -0.0845 e. The Morgan fingerprint density at radius 3 is 2.56 bits per heavy atom. The van der Waals surface area contributed by atoms with Gasteiger partial charge in [0.15, 0.2) is 0 Å². The summed E-state index contributed by atoms with van der Waals surface area (Å²) in [6.07, 6.45) is 8.39. The molecule has 0 aromatic rings. The average molecular weight is 121 g/mol. The lowest BCUT2D eigenvalue weighted by molar-refractivity contribution is 0.414. The largest absolute Gasteiger partial charge is 0.0845 e. The Hall–Kier alpha value is -0.260. The number of rotatable bonds is 1. The molecule has 49 valence electrons. The first kappa shape index (κ1) is 5.52. The lowest BCUT2D eigenvalue weighted by Gasteiger charge is -2.14. The van der Waals surface area contributed by atoms with Gasteiger partial charge in [-0.05, 0) is 30.1 Å². The van der Waals surface area contributed by atoms with E-state index in [1.165, 1.54) is 6.42 Å². The molecule has 9 heavy (non-hydrogen) atoms. The van der Waals surface area contributed by atoms with Crippen LogP contribution in [0.3, 0.4) is 0 Å². The van der Waals surface area contributed by atoms with Gasteiger partial charge in [0.05, 0.1) is 0 Å². The van der Waals surface area contributed by atoms with E-state index in [4.69, 9.17) is 0 Å². The first-order chi connectivity index (χ1) is 4.26. The first-order valence-electron chi connectivity index (χ1n) is 3.78. The molecule has 0 heterocycles. The molecule has 0 spiro atoms. The van der Waals surface area contributed by atoms with Crippen molar-refractivity contribution in [2.24, 2.45) is 17.3 Å². The van der Waals surface area contributed by atoms with Crippen LogP contribution in [0.25, 0.3) is 0 Å².